The van der Waals surface area contributed by atoms with E-state index in [2.05, 4.69) is 17.4 Å². The van der Waals surface area contributed by atoms with Crippen molar-refractivity contribution in [1.29, 1.82) is 0 Å². The SMILES string of the molecule is CC[C@H]1OC(=O)[C@H](C)C(=O)[C@H](C)C=C2C[C@@H](CO2)C(=O)[C@H](CCCc2ccccc2)C2NC(=O)O[C@@]21C. The molecule has 4 rings (SSSR count). The normalized spacial score (nSPS) is 34.4. The van der Waals surface area contributed by atoms with Gasteiger partial charge in [0, 0.05) is 18.3 Å². The Balaban J connectivity index is 1.70. The van der Waals surface area contributed by atoms with Gasteiger partial charge in [0.25, 0.3) is 0 Å². The summed E-state index contributed by atoms with van der Waals surface area (Å²) < 4.78 is 17.4. The maximum absolute atomic E-state index is 14.0. The van der Waals surface area contributed by atoms with Crippen LogP contribution < -0.4 is 5.32 Å². The second-order valence-electron chi connectivity index (χ2n) is 10.7. The van der Waals surface area contributed by atoms with E-state index in [4.69, 9.17) is 14.2 Å². The Morgan fingerprint density at radius 2 is 1.78 bits per heavy atom. The molecule has 0 radical (unpaired) electrons. The lowest BCUT2D eigenvalue weighted by molar-refractivity contribution is -0.170. The minimum Gasteiger partial charge on any atom is -0.497 e. The van der Waals surface area contributed by atoms with Crippen molar-refractivity contribution in [2.75, 3.05) is 6.61 Å². The number of ether oxygens (including phenoxy) is 3. The van der Waals surface area contributed by atoms with Crippen molar-refractivity contribution in [3.63, 3.8) is 0 Å². The molecule has 37 heavy (non-hydrogen) atoms. The van der Waals surface area contributed by atoms with Gasteiger partial charge in [0.1, 0.15) is 17.8 Å². The van der Waals surface area contributed by atoms with E-state index in [0.717, 1.165) is 12.8 Å². The fraction of sp³-hybridized carbons (Fsp3) is 0.586. The van der Waals surface area contributed by atoms with Gasteiger partial charge in [0.2, 0.25) is 0 Å². The molecule has 1 aromatic rings. The summed E-state index contributed by atoms with van der Waals surface area (Å²) in [5, 5.41) is 2.87. The van der Waals surface area contributed by atoms with E-state index in [1.165, 1.54) is 12.5 Å². The molecule has 2 bridgehead atoms. The largest absolute Gasteiger partial charge is 0.497 e. The number of hydrogen-bond acceptors (Lipinski definition) is 7. The van der Waals surface area contributed by atoms with Crippen LogP contribution in [0.3, 0.4) is 0 Å². The molecule has 3 aliphatic heterocycles. The summed E-state index contributed by atoms with van der Waals surface area (Å²) in [7, 11) is 0. The van der Waals surface area contributed by atoms with Crippen LogP contribution in [-0.4, -0.2) is 48.0 Å². The predicted molar refractivity (Wildman–Crippen MR) is 135 cm³/mol. The third-order valence-electron chi connectivity index (χ3n) is 8.05. The molecular weight excluding hydrogens is 474 g/mol. The number of amides is 1. The van der Waals surface area contributed by atoms with Crippen molar-refractivity contribution in [2.45, 2.75) is 77.5 Å². The molecule has 2 fully saturated rings. The van der Waals surface area contributed by atoms with Gasteiger partial charge in [0.05, 0.1) is 24.3 Å². The lowest BCUT2D eigenvalue weighted by Crippen LogP contribution is -2.57. The molecule has 1 amide bonds. The standard InChI is InChI=1S/C29H37NO7/c1-5-23-29(4)26(30-28(34)37-29)22(13-9-12-19-10-7-6-8-11-19)25(32)20-15-21(35-16-20)14-17(2)24(31)18(3)27(33)36-23/h6-8,10-11,14,17-18,20,22-23,26H,5,9,12-13,15-16H2,1-4H3,(H,30,34)/t17-,18-,20+,22+,23-,26?,29-/m1/s1. The number of alkyl carbamates (subject to hydrolysis) is 1. The molecule has 8 nitrogen and oxygen atoms in total. The van der Waals surface area contributed by atoms with Gasteiger partial charge in [-0.05, 0) is 51.2 Å². The maximum Gasteiger partial charge on any atom is 0.408 e. The molecule has 2 saturated heterocycles. The van der Waals surface area contributed by atoms with Gasteiger partial charge in [-0.25, -0.2) is 4.79 Å². The van der Waals surface area contributed by atoms with Crippen LogP contribution in [0.2, 0.25) is 0 Å². The number of esters is 1. The highest BCUT2D eigenvalue weighted by Crippen LogP contribution is 2.39. The van der Waals surface area contributed by atoms with Crippen LogP contribution in [-0.2, 0) is 35.0 Å². The number of Topliss-reactive ketones (excluding diaryl/α,β-unsaturated/α-hetero) is 2. The number of nitrogens with one attached hydrogen (secondary N) is 1. The highest BCUT2D eigenvalue weighted by molar-refractivity contribution is 6.00. The summed E-state index contributed by atoms with van der Waals surface area (Å²) in [6.07, 6.45) is 3.03. The number of aryl methyl sites for hydroxylation is 1. The Morgan fingerprint density at radius 3 is 2.49 bits per heavy atom. The summed E-state index contributed by atoms with van der Waals surface area (Å²) >= 11 is 0. The number of hydrogen-bond donors (Lipinski definition) is 1. The smallest absolute Gasteiger partial charge is 0.408 e. The number of allylic oxidation sites excluding steroid dienone is 2. The summed E-state index contributed by atoms with van der Waals surface area (Å²) in [5.74, 6) is -2.88. The Morgan fingerprint density at radius 1 is 1.05 bits per heavy atom. The van der Waals surface area contributed by atoms with Crippen molar-refractivity contribution in [3.05, 3.63) is 47.7 Å². The average molecular weight is 512 g/mol. The van der Waals surface area contributed by atoms with Crippen LogP contribution >= 0.6 is 0 Å². The lowest BCUT2D eigenvalue weighted by atomic mass is 9.74. The Bertz CT molecular complexity index is 1070. The molecule has 3 aliphatic rings. The highest BCUT2D eigenvalue weighted by Gasteiger charge is 2.57. The van der Waals surface area contributed by atoms with E-state index in [1.54, 1.807) is 19.9 Å². The fourth-order valence-electron chi connectivity index (χ4n) is 5.86. The molecule has 1 N–H and O–H groups in total. The minimum atomic E-state index is -1.27. The molecule has 0 spiro atoms. The number of carbonyl (C=O) groups excluding carboxylic acids is 4. The van der Waals surface area contributed by atoms with Crippen LogP contribution in [0.1, 0.15) is 58.9 Å². The van der Waals surface area contributed by atoms with E-state index in [9.17, 15) is 19.2 Å². The average Bonchev–Trinajstić information content (AvgIpc) is 3.47. The van der Waals surface area contributed by atoms with Crippen LogP contribution in [0.4, 0.5) is 4.79 Å². The lowest BCUT2D eigenvalue weighted by Gasteiger charge is -2.39. The van der Waals surface area contributed by atoms with Gasteiger partial charge in [-0.3, -0.25) is 14.4 Å². The highest BCUT2D eigenvalue weighted by atomic mass is 16.6. The van der Waals surface area contributed by atoms with E-state index in [1.807, 2.05) is 25.1 Å². The van der Waals surface area contributed by atoms with Crippen molar-refractivity contribution in [3.8, 4) is 0 Å². The molecule has 0 aromatic heterocycles. The second-order valence-corrected chi connectivity index (χ2v) is 10.7. The van der Waals surface area contributed by atoms with E-state index in [-0.39, 0.29) is 24.1 Å². The van der Waals surface area contributed by atoms with Gasteiger partial charge in [0.15, 0.2) is 11.4 Å². The van der Waals surface area contributed by atoms with Crippen molar-refractivity contribution < 1.29 is 33.4 Å². The van der Waals surface area contributed by atoms with Crippen LogP contribution in [0.25, 0.3) is 0 Å². The zero-order chi connectivity index (χ0) is 26.7. The molecule has 1 aromatic carbocycles. The zero-order valence-corrected chi connectivity index (χ0v) is 22.0. The van der Waals surface area contributed by atoms with Gasteiger partial charge < -0.3 is 19.5 Å². The fourth-order valence-corrected chi connectivity index (χ4v) is 5.86. The molecule has 3 heterocycles. The molecule has 0 aliphatic carbocycles. The number of cyclic esters (lactones) is 1. The third kappa shape index (κ3) is 5.58. The quantitative estimate of drug-likeness (QED) is 0.467. The Hall–Kier alpha value is -3.16. The van der Waals surface area contributed by atoms with Crippen LogP contribution in [0.15, 0.2) is 42.2 Å². The number of benzene rings is 1. The van der Waals surface area contributed by atoms with Gasteiger partial charge in [-0.15, -0.1) is 0 Å². The molecule has 1 unspecified atom stereocenters. The summed E-state index contributed by atoms with van der Waals surface area (Å²) in [5.41, 5.74) is -0.0988. The van der Waals surface area contributed by atoms with Crippen molar-refractivity contribution in [2.24, 2.45) is 23.7 Å². The first-order valence-corrected chi connectivity index (χ1v) is 13.3. The number of carbonyl (C=O) groups is 4. The molecular formula is C29H37NO7. The first kappa shape index (κ1) is 26.9. The molecule has 200 valence electrons. The monoisotopic (exact) mass is 511 g/mol. The van der Waals surface area contributed by atoms with E-state index < -0.39 is 47.6 Å². The predicted octanol–water partition coefficient (Wildman–Crippen LogP) is 4.16. The van der Waals surface area contributed by atoms with Gasteiger partial charge in [-0.2, -0.15) is 0 Å². The molecule has 0 saturated carbocycles. The number of fused-ring (bicyclic) bond motifs is 3. The topological polar surface area (TPSA) is 108 Å². The summed E-state index contributed by atoms with van der Waals surface area (Å²) in [4.78, 5) is 52.5. The number of ketones is 2. The Kier molecular flexibility index (Phi) is 8.05. The van der Waals surface area contributed by atoms with Gasteiger partial charge >= 0.3 is 12.1 Å². The second kappa shape index (κ2) is 11.1. The van der Waals surface area contributed by atoms with Crippen LogP contribution in [0.5, 0.6) is 0 Å². The first-order chi connectivity index (χ1) is 17.6. The van der Waals surface area contributed by atoms with Crippen molar-refractivity contribution >= 4 is 23.6 Å². The van der Waals surface area contributed by atoms with Crippen LogP contribution in [0, 0.1) is 23.7 Å². The van der Waals surface area contributed by atoms with Crippen molar-refractivity contribution in [1.82, 2.24) is 5.32 Å². The molecule has 7 atom stereocenters. The summed E-state index contributed by atoms with van der Waals surface area (Å²) in [6.45, 7) is 7.02. The minimum absolute atomic E-state index is 0.0101. The van der Waals surface area contributed by atoms with Gasteiger partial charge in [-0.1, -0.05) is 44.2 Å². The molecule has 8 heteroatoms. The number of rotatable bonds is 5. The maximum atomic E-state index is 14.0. The summed E-state index contributed by atoms with van der Waals surface area (Å²) in [6, 6.07) is 9.35. The van der Waals surface area contributed by atoms with E-state index in [0.29, 0.717) is 25.0 Å². The third-order valence-corrected chi connectivity index (χ3v) is 8.05. The van der Waals surface area contributed by atoms with E-state index >= 15 is 0 Å². The first-order valence-electron chi connectivity index (χ1n) is 13.3. The Labute approximate surface area is 218 Å². The zero-order valence-electron chi connectivity index (χ0n) is 22.0.